The van der Waals surface area contributed by atoms with Crippen LogP contribution in [0.3, 0.4) is 0 Å². The van der Waals surface area contributed by atoms with E-state index in [4.69, 9.17) is 4.74 Å². The molecule has 5 heteroatoms. The molecule has 2 fully saturated rings. The Morgan fingerprint density at radius 3 is 2.76 bits per heavy atom. The molecule has 2 aliphatic carbocycles. The lowest BCUT2D eigenvalue weighted by molar-refractivity contribution is 0.0695. The third-order valence-electron chi connectivity index (χ3n) is 7.93. The molecule has 3 aliphatic rings. The molecule has 0 saturated heterocycles. The Balaban J connectivity index is 1.34. The summed E-state index contributed by atoms with van der Waals surface area (Å²) >= 11 is 0. The second-order valence-corrected chi connectivity index (χ2v) is 10.1. The minimum absolute atomic E-state index is 0.0813. The van der Waals surface area contributed by atoms with Gasteiger partial charge in [0.2, 0.25) is 0 Å². The number of carbonyl (C=O) groups is 1. The molecular weight excluding hydrogens is 416 g/mol. The lowest BCUT2D eigenvalue weighted by atomic mass is 9.84. The Morgan fingerprint density at radius 2 is 2.03 bits per heavy atom. The Morgan fingerprint density at radius 1 is 1.21 bits per heavy atom. The molecule has 0 bridgehead atoms. The first kappa shape index (κ1) is 22.2. The van der Waals surface area contributed by atoms with Gasteiger partial charge in [0.1, 0.15) is 11.9 Å². The van der Waals surface area contributed by atoms with Gasteiger partial charge in [0.25, 0.3) is 0 Å². The van der Waals surface area contributed by atoms with Crippen LogP contribution >= 0.6 is 0 Å². The van der Waals surface area contributed by atoms with Crippen LogP contribution in [-0.4, -0.2) is 39.6 Å². The molecule has 2 aromatic rings. The molecule has 0 amide bonds. The molecule has 33 heavy (non-hydrogen) atoms. The van der Waals surface area contributed by atoms with Crippen molar-refractivity contribution in [3.63, 3.8) is 0 Å². The average molecular weight is 449 g/mol. The van der Waals surface area contributed by atoms with E-state index in [2.05, 4.69) is 25.1 Å². The summed E-state index contributed by atoms with van der Waals surface area (Å²) in [4.78, 5) is 11.4. The van der Waals surface area contributed by atoms with E-state index in [-0.39, 0.29) is 28.9 Å². The van der Waals surface area contributed by atoms with Gasteiger partial charge < -0.3 is 20.1 Å². The maximum atomic E-state index is 11.4. The third kappa shape index (κ3) is 4.20. The fourth-order valence-electron chi connectivity index (χ4n) is 5.85. The molecule has 1 heterocycles. The number of carboxylic acids is 1. The predicted octanol–water partition coefficient (Wildman–Crippen LogP) is 4.42. The number of carboxylic acid groups (broad SMARTS) is 1. The Bertz CT molecular complexity index is 1070. The fraction of sp³-hybridized carbons (Fsp3) is 0.464. The van der Waals surface area contributed by atoms with Crippen molar-refractivity contribution in [1.82, 2.24) is 0 Å². The highest BCUT2D eigenvalue weighted by atomic mass is 16.5. The Hall–Kier alpha value is -2.63. The number of aliphatic hydroxyl groups is 2. The van der Waals surface area contributed by atoms with E-state index in [1.165, 1.54) is 11.1 Å². The van der Waals surface area contributed by atoms with Gasteiger partial charge in [0.05, 0.1) is 17.8 Å². The molecule has 1 unspecified atom stereocenters. The zero-order valence-electron chi connectivity index (χ0n) is 19.0. The number of fused-ring (bicyclic) bond motifs is 2. The number of rotatable bonds is 5. The fourth-order valence-corrected chi connectivity index (χ4v) is 5.85. The van der Waals surface area contributed by atoms with E-state index in [1.807, 2.05) is 24.3 Å². The van der Waals surface area contributed by atoms with Crippen molar-refractivity contribution in [3.8, 4) is 5.75 Å². The number of hydrogen-bond acceptors (Lipinski definition) is 4. The lowest BCUT2D eigenvalue weighted by Gasteiger charge is -2.28. The summed E-state index contributed by atoms with van der Waals surface area (Å²) in [6, 6.07) is 13.5. The first-order valence-corrected chi connectivity index (χ1v) is 12.0. The van der Waals surface area contributed by atoms with Gasteiger partial charge in [-0.05, 0) is 62.3 Å². The highest BCUT2D eigenvalue weighted by molar-refractivity contribution is 5.88. The van der Waals surface area contributed by atoms with Gasteiger partial charge in [-0.15, -0.1) is 0 Å². The zero-order valence-corrected chi connectivity index (χ0v) is 19.0. The van der Waals surface area contributed by atoms with E-state index in [9.17, 15) is 20.1 Å². The zero-order chi connectivity index (χ0) is 23.2. The molecule has 174 valence electrons. The van der Waals surface area contributed by atoms with Crippen LogP contribution in [0.2, 0.25) is 0 Å². The molecule has 0 aromatic heterocycles. The average Bonchev–Trinajstić information content (AvgIpc) is 3.54. The SMILES string of the molecule is Cc1cccc(C2(C(O)/C=C/[C@@H]3[C@H]4CCCc5ccc(C(=O)O)cc5O[C@H]4C[C@H]3O)CC2)c1. The quantitative estimate of drug-likeness (QED) is 0.590. The Kier molecular flexibility index (Phi) is 5.79. The van der Waals surface area contributed by atoms with Crippen molar-refractivity contribution in [2.24, 2.45) is 11.8 Å². The second kappa shape index (κ2) is 8.62. The van der Waals surface area contributed by atoms with Gasteiger partial charge in [-0.3, -0.25) is 0 Å². The molecular formula is C28H32O5. The minimum atomic E-state index is -0.969. The standard InChI is InChI=1S/C28H32O5/c1-17-4-2-6-20(14-17)28(12-13-28)26(30)11-10-21-22-7-3-5-18-8-9-19(27(31)32)15-24(18)33-25(22)16-23(21)29/h2,4,6,8-11,14-15,21-23,25-26,29-30H,3,5,7,12-13,16H2,1H3,(H,31,32)/b11-10+/t21-,22-,23-,25+,26?/m1/s1. The van der Waals surface area contributed by atoms with Crippen LogP contribution in [-0.2, 0) is 11.8 Å². The predicted molar refractivity (Wildman–Crippen MR) is 126 cm³/mol. The molecule has 0 radical (unpaired) electrons. The number of benzene rings is 2. The van der Waals surface area contributed by atoms with Crippen molar-refractivity contribution < 1.29 is 24.9 Å². The number of aliphatic hydroxyl groups excluding tert-OH is 2. The van der Waals surface area contributed by atoms with Crippen molar-refractivity contribution in [2.75, 3.05) is 0 Å². The van der Waals surface area contributed by atoms with Crippen molar-refractivity contribution in [1.29, 1.82) is 0 Å². The van der Waals surface area contributed by atoms with Gasteiger partial charge in [-0.2, -0.15) is 0 Å². The van der Waals surface area contributed by atoms with E-state index in [1.54, 1.807) is 12.1 Å². The molecule has 1 aliphatic heterocycles. The van der Waals surface area contributed by atoms with E-state index < -0.39 is 18.2 Å². The van der Waals surface area contributed by atoms with Crippen LogP contribution in [0.25, 0.3) is 0 Å². The van der Waals surface area contributed by atoms with Crippen LogP contribution in [0.1, 0.15) is 59.2 Å². The monoisotopic (exact) mass is 448 g/mol. The van der Waals surface area contributed by atoms with Crippen LogP contribution in [0.4, 0.5) is 0 Å². The van der Waals surface area contributed by atoms with Crippen LogP contribution in [0, 0.1) is 18.8 Å². The van der Waals surface area contributed by atoms with Crippen LogP contribution in [0.5, 0.6) is 5.75 Å². The minimum Gasteiger partial charge on any atom is -0.490 e. The van der Waals surface area contributed by atoms with Crippen molar-refractivity contribution >= 4 is 5.97 Å². The summed E-state index contributed by atoms with van der Waals surface area (Å²) < 4.78 is 6.30. The largest absolute Gasteiger partial charge is 0.490 e. The summed E-state index contributed by atoms with van der Waals surface area (Å²) in [5.41, 5.74) is 3.41. The first-order chi connectivity index (χ1) is 15.9. The first-order valence-electron chi connectivity index (χ1n) is 12.0. The molecule has 3 N–H and O–H groups in total. The van der Waals surface area contributed by atoms with Gasteiger partial charge in [-0.1, -0.05) is 48.0 Å². The van der Waals surface area contributed by atoms with Gasteiger partial charge in [-0.25, -0.2) is 4.79 Å². The molecule has 5 atom stereocenters. The third-order valence-corrected chi connectivity index (χ3v) is 7.93. The van der Waals surface area contributed by atoms with Gasteiger partial charge in [0, 0.05) is 23.7 Å². The number of hydrogen-bond donors (Lipinski definition) is 3. The number of aryl methyl sites for hydroxylation is 2. The topological polar surface area (TPSA) is 87.0 Å². The van der Waals surface area contributed by atoms with Gasteiger partial charge in [0.15, 0.2) is 0 Å². The molecule has 2 saturated carbocycles. The molecule has 2 aromatic carbocycles. The second-order valence-electron chi connectivity index (χ2n) is 10.1. The maximum absolute atomic E-state index is 11.4. The highest BCUT2D eigenvalue weighted by Crippen LogP contribution is 2.52. The van der Waals surface area contributed by atoms with E-state index >= 15 is 0 Å². The summed E-state index contributed by atoms with van der Waals surface area (Å²) in [5.74, 6) is -0.289. The van der Waals surface area contributed by atoms with Crippen LogP contribution < -0.4 is 4.74 Å². The van der Waals surface area contributed by atoms with Crippen molar-refractivity contribution in [3.05, 3.63) is 76.9 Å². The van der Waals surface area contributed by atoms with Crippen molar-refractivity contribution in [2.45, 2.75) is 69.2 Å². The normalized spacial score (nSPS) is 28.8. The Labute approximate surface area is 194 Å². The highest BCUT2D eigenvalue weighted by Gasteiger charge is 2.50. The maximum Gasteiger partial charge on any atom is 0.335 e. The summed E-state index contributed by atoms with van der Waals surface area (Å²) in [5, 5.41) is 31.3. The number of ether oxygens (including phenoxy) is 1. The summed E-state index contributed by atoms with van der Waals surface area (Å²) in [7, 11) is 0. The van der Waals surface area contributed by atoms with Gasteiger partial charge >= 0.3 is 5.97 Å². The molecule has 0 spiro atoms. The summed E-state index contributed by atoms with van der Waals surface area (Å²) in [6.45, 7) is 2.07. The molecule has 5 nitrogen and oxygen atoms in total. The lowest BCUT2D eigenvalue weighted by Crippen LogP contribution is -2.28. The van der Waals surface area contributed by atoms with Crippen LogP contribution in [0.15, 0.2) is 54.6 Å². The number of aromatic carboxylic acids is 1. The van der Waals surface area contributed by atoms with E-state index in [0.717, 1.165) is 37.7 Å². The smallest absolute Gasteiger partial charge is 0.335 e. The molecule has 5 rings (SSSR count). The van der Waals surface area contributed by atoms with E-state index in [0.29, 0.717) is 12.2 Å². The summed E-state index contributed by atoms with van der Waals surface area (Å²) in [6.07, 6.45) is 7.75.